The van der Waals surface area contributed by atoms with Crippen molar-refractivity contribution < 1.29 is 35.8 Å². The van der Waals surface area contributed by atoms with Crippen LogP contribution in [0.4, 0.5) is 31.5 Å². The Bertz CT molecular complexity index is 1080. The summed E-state index contributed by atoms with van der Waals surface area (Å²) in [7, 11) is 0. The van der Waals surface area contributed by atoms with Crippen LogP contribution in [-0.2, 0) is 4.74 Å². The first-order valence-electron chi connectivity index (χ1n) is 8.58. The van der Waals surface area contributed by atoms with Crippen molar-refractivity contribution in [3.05, 3.63) is 63.9 Å². The molecule has 170 valence electrons. The summed E-state index contributed by atoms with van der Waals surface area (Å²) in [5, 5.41) is 6.35. The van der Waals surface area contributed by atoms with E-state index in [0.29, 0.717) is 10.7 Å². The van der Waals surface area contributed by atoms with Crippen molar-refractivity contribution in [2.75, 3.05) is 5.43 Å². The van der Waals surface area contributed by atoms with Crippen molar-refractivity contribution >= 4 is 38.6 Å². The van der Waals surface area contributed by atoms with E-state index in [1.165, 1.54) is 29.7 Å². The van der Waals surface area contributed by atoms with Gasteiger partial charge in [0.1, 0.15) is 5.75 Å². The fourth-order valence-corrected chi connectivity index (χ4v) is 3.43. The first-order chi connectivity index (χ1) is 15.0. The van der Waals surface area contributed by atoms with E-state index in [9.17, 15) is 26.3 Å². The molecule has 32 heavy (non-hydrogen) atoms. The van der Waals surface area contributed by atoms with Gasteiger partial charge in [-0.05, 0) is 39.7 Å². The second-order valence-corrected chi connectivity index (χ2v) is 7.72. The van der Waals surface area contributed by atoms with E-state index >= 15 is 0 Å². The van der Waals surface area contributed by atoms with Crippen LogP contribution in [0.1, 0.15) is 5.56 Å². The molecule has 0 amide bonds. The van der Waals surface area contributed by atoms with Gasteiger partial charge in [0, 0.05) is 10.9 Å². The van der Waals surface area contributed by atoms with Gasteiger partial charge in [0.2, 0.25) is 5.13 Å². The van der Waals surface area contributed by atoms with E-state index in [1.807, 2.05) is 35.7 Å². The van der Waals surface area contributed by atoms with E-state index in [4.69, 9.17) is 0 Å². The van der Waals surface area contributed by atoms with Crippen LogP contribution in [0.3, 0.4) is 0 Å². The lowest BCUT2D eigenvalue weighted by atomic mass is 10.2. The van der Waals surface area contributed by atoms with E-state index in [-0.39, 0.29) is 4.47 Å². The second kappa shape index (κ2) is 9.88. The Morgan fingerprint density at radius 2 is 1.81 bits per heavy atom. The molecule has 0 aliphatic carbocycles. The molecule has 0 aliphatic heterocycles. The lowest BCUT2D eigenvalue weighted by Gasteiger charge is -2.22. The number of hydrogen-bond donors (Lipinski definition) is 1. The van der Waals surface area contributed by atoms with Crippen LogP contribution in [0.25, 0.3) is 11.3 Å². The van der Waals surface area contributed by atoms with Gasteiger partial charge >= 0.3 is 18.8 Å². The van der Waals surface area contributed by atoms with E-state index in [0.717, 1.165) is 17.3 Å². The molecule has 0 aliphatic rings. The highest BCUT2D eigenvalue weighted by Gasteiger charge is 2.50. The van der Waals surface area contributed by atoms with Crippen LogP contribution < -0.4 is 10.2 Å². The SMILES string of the molecule is FC(OC(F)(F)F)C(F)(F)Oc1ccc(C=NNc2nc(-c3ccccc3)cs2)cc1Br. The van der Waals surface area contributed by atoms with E-state index in [2.05, 4.69) is 40.9 Å². The van der Waals surface area contributed by atoms with Crippen LogP contribution in [0.5, 0.6) is 5.75 Å². The van der Waals surface area contributed by atoms with Gasteiger partial charge in [0.15, 0.2) is 0 Å². The maximum absolute atomic E-state index is 13.5. The van der Waals surface area contributed by atoms with Gasteiger partial charge in [0.25, 0.3) is 0 Å². The monoisotopic (exact) mass is 539 g/mol. The minimum atomic E-state index is -5.59. The van der Waals surface area contributed by atoms with Gasteiger partial charge in [-0.25, -0.2) is 14.1 Å². The molecule has 1 unspecified atom stereocenters. The number of nitrogens with one attached hydrogen (secondary N) is 1. The highest BCUT2D eigenvalue weighted by molar-refractivity contribution is 9.10. The van der Waals surface area contributed by atoms with Crippen molar-refractivity contribution in [2.45, 2.75) is 18.8 Å². The van der Waals surface area contributed by atoms with Crippen LogP contribution >= 0.6 is 27.3 Å². The molecule has 1 atom stereocenters. The molecule has 1 aromatic heterocycles. The van der Waals surface area contributed by atoms with Crippen molar-refractivity contribution in [1.29, 1.82) is 0 Å². The molecule has 0 radical (unpaired) electrons. The number of hydrogen-bond acceptors (Lipinski definition) is 6. The molecule has 0 bridgehead atoms. The normalized spacial score (nSPS) is 13.3. The summed E-state index contributed by atoms with van der Waals surface area (Å²) in [6.07, 6.45) is -13.2. The maximum Gasteiger partial charge on any atom is 0.525 e. The highest BCUT2D eigenvalue weighted by Crippen LogP contribution is 2.35. The zero-order chi connectivity index (χ0) is 23.4. The lowest BCUT2D eigenvalue weighted by Crippen LogP contribution is -2.41. The third kappa shape index (κ3) is 6.68. The number of hydrazone groups is 1. The molecular weight excluding hydrogens is 528 g/mol. The summed E-state index contributed by atoms with van der Waals surface area (Å²) in [5.41, 5.74) is 4.85. The molecule has 1 heterocycles. The Kier molecular flexibility index (Phi) is 7.41. The number of ether oxygens (including phenoxy) is 2. The van der Waals surface area contributed by atoms with Crippen LogP contribution in [-0.4, -0.2) is 30.0 Å². The molecule has 1 N–H and O–H groups in total. The average Bonchev–Trinajstić information content (AvgIpc) is 3.18. The number of thiazole rings is 1. The molecule has 0 fully saturated rings. The van der Waals surface area contributed by atoms with Gasteiger partial charge in [0.05, 0.1) is 16.4 Å². The standard InChI is InChI=1S/C19H12BrF6N3O2S/c20-13-8-11(6-7-15(13)30-18(22,23)16(21)31-19(24,25)26)9-27-29-17-28-14(10-32-17)12-4-2-1-3-5-12/h1-10,16H,(H,28,29). The Balaban J connectivity index is 1.61. The van der Waals surface area contributed by atoms with E-state index < -0.39 is 24.6 Å². The molecule has 3 aromatic rings. The molecule has 5 nitrogen and oxygen atoms in total. The summed E-state index contributed by atoms with van der Waals surface area (Å²) >= 11 is 4.26. The number of anilines is 1. The van der Waals surface area contributed by atoms with E-state index in [1.54, 1.807) is 0 Å². The Labute approximate surface area is 189 Å². The minimum Gasteiger partial charge on any atom is -0.427 e. The second-order valence-electron chi connectivity index (χ2n) is 6.01. The van der Waals surface area contributed by atoms with Crippen molar-refractivity contribution in [3.8, 4) is 17.0 Å². The van der Waals surface area contributed by atoms with Crippen LogP contribution in [0.15, 0.2) is 63.5 Å². The zero-order valence-electron chi connectivity index (χ0n) is 15.6. The number of aromatic nitrogens is 1. The van der Waals surface area contributed by atoms with Gasteiger partial charge in [-0.1, -0.05) is 30.3 Å². The smallest absolute Gasteiger partial charge is 0.427 e. The first kappa shape index (κ1) is 24.0. The fraction of sp³-hybridized carbons (Fsp3) is 0.158. The predicted molar refractivity (Wildman–Crippen MR) is 111 cm³/mol. The first-order valence-corrected chi connectivity index (χ1v) is 10.3. The molecule has 3 rings (SSSR count). The van der Waals surface area contributed by atoms with Crippen LogP contribution in [0.2, 0.25) is 0 Å². The van der Waals surface area contributed by atoms with Gasteiger partial charge in [-0.3, -0.25) is 5.43 Å². The fourth-order valence-electron chi connectivity index (χ4n) is 2.29. The van der Waals surface area contributed by atoms with Crippen molar-refractivity contribution in [2.24, 2.45) is 5.10 Å². The molecule has 0 spiro atoms. The Morgan fingerprint density at radius 3 is 2.47 bits per heavy atom. The quantitative estimate of drug-likeness (QED) is 0.194. The largest absolute Gasteiger partial charge is 0.525 e. The summed E-state index contributed by atoms with van der Waals surface area (Å²) in [6.45, 7) is 0. The maximum atomic E-state index is 13.5. The summed E-state index contributed by atoms with van der Waals surface area (Å²) < 4.78 is 82.8. The summed E-state index contributed by atoms with van der Waals surface area (Å²) in [6, 6.07) is 13.1. The predicted octanol–water partition coefficient (Wildman–Crippen LogP) is 6.82. The van der Waals surface area contributed by atoms with Crippen LogP contribution in [0, 0.1) is 0 Å². The Morgan fingerprint density at radius 1 is 1.09 bits per heavy atom. The minimum absolute atomic E-state index is 0.0686. The number of benzene rings is 2. The number of rotatable bonds is 8. The van der Waals surface area contributed by atoms with Gasteiger partial charge in [-0.15, -0.1) is 24.5 Å². The number of nitrogens with zero attached hydrogens (tertiary/aromatic N) is 2. The Hall–Kier alpha value is -2.64. The zero-order valence-corrected chi connectivity index (χ0v) is 18.0. The number of alkyl halides is 6. The van der Waals surface area contributed by atoms with Gasteiger partial charge < -0.3 is 4.74 Å². The summed E-state index contributed by atoms with van der Waals surface area (Å²) in [4.78, 5) is 4.38. The molecular formula is C19H12BrF6N3O2S. The van der Waals surface area contributed by atoms with Crippen molar-refractivity contribution in [3.63, 3.8) is 0 Å². The summed E-state index contributed by atoms with van der Waals surface area (Å²) in [5.74, 6) is -0.596. The molecule has 13 heteroatoms. The number of halogens is 7. The molecule has 0 saturated carbocycles. The lowest BCUT2D eigenvalue weighted by molar-refractivity contribution is -0.411. The molecule has 0 saturated heterocycles. The third-order valence-electron chi connectivity index (χ3n) is 3.65. The van der Waals surface area contributed by atoms with Crippen molar-refractivity contribution in [1.82, 2.24) is 4.98 Å². The topological polar surface area (TPSA) is 55.7 Å². The average molecular weight is 540 g/mol. The highest BCUT2D eigenvalue weighted by atomic mass is 79.9. The molecule has 2 aromatic carbocycles. The third-order valence-corrected chi connectivity index (χ3v) is 5.02. The van der Waals surface area contributed by atoms with Gasteiger partial charge in [-0.2, -0.15) is 13.9 Å².